The Morgan fingerprint density at radius 2 is 1.17 bits per heavy atom. The van der Waals surface area contributed by atoms with E-state index in [2.05, 4.69) is 0 Å². The van der Waals surface area contributed by atoms with Gasteiger partial charge in [0.1, 0.15) is 11.6 Å². The van der Waals surface area contributed by atoms with Crippen LogP contribution in [0.3, 0.4) is 0 Å². The molecule has 0 aliphatic carbocycles. The number of benzene rings is 1. The molecule has 0 saturated heterocycles. The van der Waals surface area contributed by atoms with Crippen LogP contribution >= 0.6 is 0 Å². The number of hydrogen-bond acceptors (Lipinski definition) is 1. The summed E-state index contributed by atoms with van der Waals surface area (Å²) in [4.78, 5) is 0. The van der Waals surface area contributed by atoms with Gasteiger partial charge in [0.25, 0.3) is 0 Å². The smallest absolute Gasteiger partial charge is 0.134 e. The zero-order valence-electron chi connectivity index (χ0n) is 7.33. The van der Waals surface area contributed by atoms with Crippen LogP contribution in [0.4, 0.5) is 14.5 Å². The van der Waals surface area contributed by atoms with Crippen LogP contribution in [0.1, 0.15) is 16.7 Å². The van der Waals surface area contributed by atoms with E-state index in [4.69, 9.17) is 5.73 Å². The van der Waals surface area contributed by atoms with Gasteiger partial charge in [0.05, 0.1) is 0 Å². The highest BCUT2D eigenvalue weighted by Gasteiger charge is 2.14. The minimum Gasteiger partial charge on any atom is -0.398 e. The van der Waals surface area contributed by atoms with Crippen molar-refractivity contribution in [2.24, 2.45) is 0 Å². The Balaban J connectivity index is 3.60. The second kappa shape index (κ2) is 2.73. The van der Waals surface area contributed by atoms with Gasteiger partial charge in [-0.05, 0) is 20.8 Å². The van der Waals surface area contributed by atoms with Gasteiger partial charge in [0, 0.05) is 22.4 Å². The van der Waals surface area contributed by atoms with Gasteiger partial charge in [0.2, 0.25) is 0 Å². The van der Waals surface area contributed by atoms with E-state index in [1.807, 2.05) is 0 Å². The van der Waals surface area contributed by atoms with Gasteiger partial charge in [-0.1, -0.05) is 0 Å². The quantitative estimate of drug-likeness (QED) is 0.596. The molecule has 0 radical (unpaired) electrons. The van der Waals surface area contributed by atoms with E-state index in [-0.39, 0.29) is 11.3 Å². The molecular weight excluding hydrogens is 160 g/mol. The normalized spacial score (nSPS) is 10.4. The predicted octanol–water partition coefficient (Wildman–Crippen LogP) is 2.47. The van der Waals surface area contributed by atoms with Crippen molar-refractivity contribution in [1.82, 2.24) is 0 Å². The fraction of sp³-hybridized carbons (Fsp3) is 0.333. The van der Waals surface area contributed by atoms with Crippen LogP contribution in [0.15, 0.2) is 0 Å². The number of hydrogen-bond donors (Lipinski definition) is 1. The summed E-state index contributed by atoms with van der Waals surface area (Å²) in [7, 11) is 0. The fourth-order valence-electron chi connectivity index (χ4n) is 1.18. The first-order valence-corrected chi connectivity index (χ1v) is 3.67. The van der Waals surface area contributed by atoms with Crippen LogP contribution in [0.5, 0.6) is 0 Å². The zero-order valence-corrected chi connectivity index (χ0v) is 7.33. The molecule has 0 amide bonds. The minimum atomic E-state index is -0.546. The fourth-order valence-corrected chi connectivity index (χ4v) is 1.18. The van der Waals surface area contributed by atoms with Gasteiger partial charge in [-0.3, -0.25) is 0 Å². The van der Waals surface area contributed by atoms with Gasteiger partial charge < -0.3 is 5.73 Å². The largest absolute Gasteiger partial charge is 0.398 e. The molecule has 66 valence electrons. The summed E-state index contributed by atoms with van der Waals surface area (Å²) in [5.41, 5.74) is 6.37. The number of nitrogen functional groups attached to an aromatic ring is 1. The maximum Gasteiger partial charge on any atom is 0.134 e. The molecule has 0 aromatic heterocycles. The molecule has 0 heterocycles. The maximum absolute atomic E-state index is 13.1. The van der Waals surface area contributed by atoms with Crippen LogP contribution in [-0.4, -0.2) is 0 Å². The Kier molecular flexibility index (Phi) is 2.04. The number of rotatable bonds is 0. The summed E-state index contributed by atoms with van der Waals surface area (Å²) in [5, 5.41) is 0. The Bertz CT molecular complexity index is 227. The van der Waals surface area contributed by atoms with E-state index in [9.17, 15) is 8.78 Å². The van der Waals surface area contributed by atoms with Gasteiger partial charge in [-0.15, -0.1) is 0 Å². The maximum atomic E-state index is 13.1. The van der Waals surface area contributed by atoms with Crippen molar-refractivity contribution in [1.29, 1.82) is 0 Å². The minimum absolute atomic E-state index is 0.0409. The molecule has 0 aliphatic heterocycles. The van der Waals surface area contributed by atoms with E-state index >= 15 is 0 Å². The summed E-state index contributed by atoms with van der Waals surface area (Å²) in [6, 6.07) is 0. The average molecular weight is 171 g/mol. The zero-order chi connectivity index (χ0) is 9.46. The first kappa shape index (κ1) is 8.97. The van der Waals surface area contributed by atoms with Crippen molar-refractivity contribution in [3.63, 3.8) is 0 Å². The van der Waals surface area contributed by atoms with E-state index < -0.39 is 11.6 Å². The molecule has 1 nitrogen and oxygen atoms in total. The Morgan fingerprint density at radius 1 is 0.833 bits per heavy atom. The molecule has 3 heteroatoms. The third kappa shape index (κ3) is 1.05. The Hall–Kier alpha value is -1.12. The summed E-state index contributed by atoms with van der Waals surface area (Å²) >= 11 is 0. The molecule has 2 N–H and O–H groups in total. The van der Waals surface area contributed by atoms with Crippen molar-refractivity contribution in [3.05, 3.63) is 28.3 Å². The average Bonchev–Trinajstić information content (AvgIpc) is 2.08. The highest BCUT2D eigenvalue weighted by Crippen LogP contribution is 2.25. The van der Waals surface area contributed by atoms with Gasteiger partial charge in [-0.2, -0.15) is 0 Å². The van der Waals surface area contributed by atoms with Gasteiger partial charge in [0.15, 0.2) is 0 Å². The summed E-state index contributed by atoms with van der Waals surface area (Å²) < 4.78 is 26.2. The third-order valence-electron chi connectivity index (χ3n) is 2.12. The lowest BCUT2D eigenvalue weighted by Crippen LogP contribution is -2.03. The first-order chi connectivity index (χ1) is 5.46. The highest BCUT2D eigenvalue weighted by molar-refractivity contribution is 5.55. The molecule has 0 atom stereocenters. The van der Waals surface area contributed by atoms with Crippen LogP contribution in [0.25, 0.3) is 0 Å². The summed E-state index contributed by atoms with van der Waals surface area (Å²) in [5.74, 6) is -1.09. The van der Waals surface area contributed by atoms with Gasteiger partial charge in [-0.25, -0.2) is 8.78 Å². The van der Waals surface area contributed by atoms with E-state index in [1.165, 1.54) is 6.92 Å². The molecule has 1 aromatic carbocycles. The van der Waals surface area contributed by atoms with Crippen molar-refractivity contribution >= 4 is 5.69 Å². The Labute approximate surface area is 70.2 Å². The van der Waals surface area contributed by atoms with Crippen molar-refractivity contribution in [2.45, 2.75) is 20.8 Å². The van der Waals surface area contributed by atoms with Crippen LogP contribution < -0.4 is 5.73 Å². The topological polar surface area (TPSA) is 26.0 Å². The number of anilines is 1. The molecule has 1 rings (SSSR count). The van der Waals surface area contributed by atoms with Crippen LogP contribution in [0, 0.1) is 32.4 Å². The van der Waals surface area contributed by atoms with Gasteiger partial charge >= 0.3 is 0 Å². The van der Waals surface area contributed by atoms with Crippen molar-refractivity contribution in [2.75, 3.05) is 5.73 Å². The standard InChI is InChI=1S/C9H11F2N/c1-4-7(10)5(2)9(12)6(3)8(4)11/h12H2,1-3H3. The molecule has 0 spiro atoms. The molecule has 1 aromatic rings. The SMILES string of the molecule is Cc1c(N)c(C)c(F)c(C)c1F. The molecular formula is C9H11F2N. The molecule has 0 bridgehead atoms. The lowest BCUT2D eigenvalue weighted by atomic mass is 10.0. The molecule has 0 fully saturated rings. The summed E-state index contributed by atoms with van der Waals surface area (Å²) in [6.45, 7) is 4.50. The van der Waals surface area contributed by atoms with E-state index in [0.717, 1.165) is 0 Å². The van der Waals surface area contributed by atoms with Crippen molar-refractivity contribution < 1.29 is 8.78 Å². The van der Waals surface area contributed by atoms with E-state index in [1.54, 1.807) is 13.8 Å². The number of halogens is 2. The monoisotopic (exact) mass is 171 g/mol. The summed E-state index contributed by atoms with van der Waals surface area (Å²) in [6.07, 6.45) is 0. The van der Waals surface area contributed by atoms with Crippen molar-refractivity contribution in [3.8, 4) is 0 Å². The Morgan fingerprint density at radius 3 is 1.50 bits per heavy atom. The second-order valence-electron chi connectivity index (χ2n) is 2.92. The number of nitrogens with two attached hydrogens (primary N) is 1. The van der Waals surface area contributed by atoms with Crippen LogP contribution in [0.2, 0.25) is 0 Å². The lowest BCUT2D eigenvalue weighted by Gasteiger charge is -2.09. The molecule has 0 unspecified atom stereocenters. The molecule has 12 heavy (non-hydrogen) atoms. The molecule has 0 aliphatic rings. The first-order valence-electron chi connectivity index (χ1n) is 3.67. The van der Waals surface area contributed by atoms with Crippen LogP contribution in [-0.2, 0) is 0 Å². The second-order valence-corrected chi connectivity index (χ2v) is 2.92. The lowest BCUT2D eigenvalue weighted by molar-refractivity contribution is 0.558. The predicted molar refractivity (Wildman–Crippen MR) is 45.0 cm³/mol. The van der Waals surface area contributed by atoms with E-state index in [0.29, 0.717) is 11.1 Å². The third-order valence-corrected chi connectivity index (χ3v) is 2.12. The highest BCUT2D eigenvalue weighted by atomic mass is 19.1. The molecule has 0 saturated carbocycles.